The van der Waals surface area contributed by atoms with Crippen LogP contribution in [0.15, 0.2) is 30.4 Å². The number of rotatable bonds is 1. The third-order valence-electron chi connectivity index (χ3n) is 2.80. The van der Waals surface area contributed by atoms with Crippen LogP contribution in [0.1, 0.15) is 17.3 Å². The highest BCUT2D eigenvalue weighted by Gasteiger charge is 2.20. The molecule has 2 atom stereocenters. The van der Waals surface area contributed by atoms with Gasteiger partial charge in [0.15, 0.2) is 0 Å². The van der Waals surface area contributed by atoms with E-state index < -0.39 is 0 Å². The molecule has 2 unspecified atom stereocenters. The van der Waals surface area contributed by atoms with Crippen LogP contribution < -0.4 is 5.73 Å². The minimum Gasteiger partial charge on any atom is -0.324 e. The van der Waals surface area contributed by atoms with Crippen molar-refractivity contribution < 1.29 is 4.39 Å². The molecular formula is C12H11FN2S. The van der Waals surface area contributed by atoms with Crippen molar-refractivity contribution in [1.29, 1.82) is 0 Å². The predicted octanol–water partition coefficient (Wildman–Crippen LogP) is 2.81. The summed E-state index contributed by atoms with van der Waals surface area (Å²) in [6.07, 6.45) is 5.01. The fourth-order valence-corrected chi connectivity index (χ4v) is 3.03. The van der Waals surface area contributed by atoms with Gasteiger partial charge in [0.1, 0.15) is 10.8 Å². The van der Waals surface area contributed by atoms with Crippen LogP contribution in [0.5, 0.6) is 0 Å². The van der Waals surface area contributed by atoms with Gasteiger partial charge in [0.2, 0.25) is 0 Å². The molecule has 0 radical (unpaired) electrons. The molecule has 0 saturated carbocycles. The van der Waals surface area contributed by atoms with Gasteiger partial charge in [-0.1, -0.05) is 12.2 Å². The zero-order chi connectivity index (χ0) is 11.1. The lowest BCUT2D eigenvalue weighted by molar-refractivity contribution is 0.629. The zero-order valence-corrected chi connectivity index (χ0v) is 9.38. The lowest BCUT2D eigenvalue weighted by atomic mass is 10.1. The summed E-state index contributed by atoms with van der Waals surface area (Å²) >= 11 is 1.62. The number of benzene rings is 1. The second-order valence-corrected chi connectivity index (χ2v) is 5.12. The standard InChI is InChI=1S/C12H11FN2S/c13-8-2-4-11-10(6-8)15-12(16-11)7-1-3-9(14)5-7/h1-4,6-7,9H,5,14H2. The molecule has 3 rings (SSSR count). The van der Waals surface area contributed by atoms with E-state index in [4.69, 9.17) is 5.73 Å². The molecule has 16 heavy (non-hydrogen) atoms. The SMILES string of the molecule is NC1C=CC(c2nc3cc(F)ccc3s2)C1. The van der Waals surface area contributed by atoms with Gasteiger partial charge in [-0.05, 0) is 18.6 Å². The maximum absolute atomic E-state index is 13.0. The lowest BCUT2D eigenvalue weighted by Crippen LogP contribution is -2.14. The summed E-state index contributed by atoms with van der Waals surface area (Å²) in [7, 11) is 0. The first-order valence-electron chi connectivity index (χ1n) is 5.22. The first kappa shape index (κ1) is 9.93. The number of hydrogen-bond acceptors (Lipinski definition) is 3. The van der Waals surface area contributed by atoms with E-state index in [1.807, 2.05) is 6.08 Å². The molecule has 2 aromatic rings. The van der Waals surface area contributed by atoms with Crippen LogP contribution in [-0.4, -0.2) is 11.0 Å². The summed E-state index contributed by atoms with van der Waals surface area (Å²) < 4.78 is 14.0. The van der Waals surface area contributed by atoms with E-state index in [9.17, 15) is 4.39 Å². The fraction of sp³-hybridized carbons (Fsp3) is 0.250. The highest BCUT2D eigenvalue weighted by atomic mass is 32.1. The molecule has 1 aliphatic carbocycles. The Morgan fingerprint density at radius 2 is 2.25 bits per heavy atom. The largest absolute Gasteiger partial charge is 0.324 e. The second-order valence-electron chi connectivity index (χ2n) is 4.06. The van der Waals surface area contributed by atoms with E-state index in [-0.39, 0.29) is 11.9 Å². The molecule has 1 aromatic carbocycles. The van der Waals surface area contributed by atoms with E-state index in [2.05, 4.69) is 11.1 Å². The van der Waals surface area contributed by atoms with E-state index in [0.29, 0.717) is 5.92 Å². The van der Waals surface area contributed by atoms with Crippen molar-refractivity contribution in [2.45, 2.75) is 18.4 Å². The normalized spacial score (nSPS) is 24.4. The van der Waals surface area contributed by atoms with E-state index in [1.165, 1.54) is 12.1 Å². The molecule has 0 fully saturated rings. The number of aromatic nitrogens is 1. The van der Waals surface area contributed by atoms with Crippen molar-refractivity contribution >= 4 is 21.6 Å². The third kappa shape index (κ3) is 1.64. The summed E-state index contributed by atoms with van der Waals surface area (Å²) in [5.74, 6) is 0.0680. The van der Waals surface area contributed by atoms with Crippen LogP contribution in [0.25, 0.3) is 10.2 Å². The summed E-state index contributed by atoms with van der Waals surface area (Å²) in [5, 5.41) is 1.03. The minimum atomic E-state index is -0.233. The highest BCUT2D eigenvalue weighted by Crippen LogP contribution is 2.33. The first-order valence-corrected chi connectivity index (χ1v) is 6.04. The summed E-state index contributed by atoms with van der Waals surface area (Å²) in [6.45, 7) is 0. The molecule has 2 N–H and O–H groups in total. The lowest BCUT2D eigenvalue weighted by Gasteiger charge is -2.03. The Morgan fingerprint density at radius 1 is 1.38 bits per heavy atom. The van der Waals surface area contributed by atoms with Crippen molar-refractivity contribution in [3.05, 3.63) is 41.2 Å². The van der Waals surface area contributed by atoms with Crippen LogP contribution in [0.4, 0.5) is 4.39 Å². The van der Waals surface area contributed by atoms with Crippen LogP contribution in [-0.2, 0) is 0 Å². The Hall–Kier alpha value is -1.26. The second kappa shape index (κ2) is 3.64. The zero-order valence-electron chi connectivity index (χ0n) is 8.56. The van der Waals surface area contributed by atoms with Gasteiger partial charge in [0.05, 0.1) is 10.2 Å². The Kier molecular flexibility index (Phi) is 2.26. The van der Waals surface area contributed by atoms with Crippen LogP contribution in [0.2, 0.25) is 0 Å². The molecule has 1 heterocycles. The molecule has 4 heteroatoms. The smallest absolute Gasteiger partial charge is 0.125 e. The topological polar surface area (TPSA) is 38.9 Å². The number of halogens is 1. The number of allylic oxidation sites excluding steroid dienone is 1. The Bertz CT molecular complexity index is 561. The Morgan fingerprint density at radius 3 is 3.00 bits per heavy atom. The van der Waals surface area contributed by atoms with Gasteiger partial charge >= 0.3 is 0 Å². The molecule has 0 amide bonds. The van der Waals surface area contributed by atoms with Gasteiger partial charge in [-0.2, -0.15) is 0 Å². The third-order valence-corrected chi connectivity index (χ3v) is 3.97. The maximum Gasteiger partial charge on any atom is 0.125 e. The molecule has 82 valence electrons. The average Bonchev–Trinajstić information content (AvgIpc) is 2.83. The number of nitrogens with two attached hydrogens (primary N) is 1. The van der Waals surface area contributed by atoms with Crippen molar-refractivity contribution in [2.75, 3.05) is 0 Å². The fourth-order valence-electron chi connectivity index (χ4n) is 1.99. The van der Waals surface area contributed by atoms with Crippen molar-refractivity contribution in [2.24, 2.45) is 5.73 Å². The van der Waals surface area contributed by atoms with Gasteiger partial charge < -0.3 is 5.73 Å². The van der Waals surface area contributed by atoms with Crippen LogP contribution in [0.3, 0.4) is 0 Å². The van der Waals surface area contributed by atoms with Crippen molar-refractivity contribution in [3.63, 3.8) is 0 Å². The Balaban J connectivity index is 2.02. The van der Waals surface area contributed by atoms with Gasteiger partial charge in [0, 0.05) is 18.0 Å². The minimum absolute atomic E-state index is 0.133. The number of fused-ring (bicyclic) bond motifs is 1. The van der Waals surface area contributed by atoms with E-state index in [1.54, 1.807) is 17.4 Å². The highest BCUT2D eigenvalue weighted by molar-refractivity contribution is 7.18. The quantitative estimate of drug-likeness (QED) is 0.771. The Labute approximate surface area is 96.6 Å². The van der Waals surface area contributed by atoms with E-state index in [0.717, 1.165) is 21.6 Å². The molecule has 1 aromatic heterocycles. The molecule has 0 aliphatic heterocycles. The van der Waals surface area contributed by atoms with Gasteiger partial charge in [0.25, 0.3) is 0 Å². The molecule has 1 aliphatic rings. The van der Waals surface area contributed by atoms with Gasteiger partial charge in [-0.3, -0.25) is 0 Å². The monoisotopic (exact) mass is 234 g/mol. The number of hydrogen-bond donors (Lipinski definition) is 1. The van der Waals surface area contributed by atoms with Crippen molar-refractivity contribution in [3.8, 4) is 0 Å². The molecular weight excluding hydrogens is 223 g/mol. The van der Waals surface area contributed by atoms with Crippen LogP contribution >= 0.6 is 11.3 Å². The molecule has 0 saturated heterocycles. The molecule has 2 nitrogen and oxygen atoms in total. The van der Waals surface area contributed by atoms with Gasteiger partial charge in [-0.15, -0.1) is 11.3 Å². The van der Waals surface area contributed by atoms with E-state index >= 15 is 0 Å². The maximum atomic E-state index is 13.0. The van der Waals surface area contributed by atoms with Gasteiger partial charge in [-0.25, -0.2) is 9.37 Å². The summed E-state index contributed by atoms with van der Waals surface area (Å²) in [5.41, 5.74) is 6.56. The predicted molar refractivity (Wildman–Crippen MR) is 64.1 cm³/mol. The average molecular weight is 234 g/mol. The molecule has 0 spiro atoms. The number of thiazole rings is 1. The van der Waals surface area contributed by atoms with Crippen LogP contribution in [0, 0.1) is 5.82 Å². The first-order chi connectivity index (χ1) is 7.72. The number of nitrogens with zero attached hydrogens (tertiary/aromatic N) is 1. The molecule has 0 bridgehead atoms. The summed E-state index contributed by atoms with van der Waals surface area (Å²) in [6, 6.07) is 4.87. The van der Waals surface area contributed by atoms with Crippen molar-refractivity contribution in [1.82, 2.24) is 4.98 Å². The summed E-state index contributed by atoms with van der Waals surface area (Å²) in [4.78, 5) is 4.46.